The van der Waals surface area contributed by atoms with Gasteiger partial charge in [0.05, 0.1) is 11.4 Å². The lowest BCUT2D eigenvalue weighted by atomic mass is 10.2. The maximum atomic E-state index is 14.0. The van der Waals surface area contributed by atoms with Crippen LogP contribution in [-0.4, -0.2) is 27.4 Å². The van der Waals surface area contributed by atoms with Gasteiger partial charge in [0.25, 0.3) is 5.91 Å². The zero-order chi connectivity index (χ0) is 24.4. The molecule has 3 aromatic rings. The molecule has 2 N–H and O–H groups in total. The van der Waals surface area contributed by atoms with Crippen LogP contribution in [0.1, 0.15) is 36.8 Å². The van der Waals surface area contributed by atoms with Crippen LogP contribution in [0.3, 0.4) is 0 Å². The van der Waals surface area contributed by atoms with Crippen molar-refractivity contribution in [1.82, 2.24) is 9.78 Å². The SMILES string of the molecule is CC(C)(C)OC(=O)Nc1cc(NC(=O)c2ccc(-n3ccc(C(F)(F)F)n3)cc2)ccc1F. The molecule has 0 fully saturated rings. The van der Waals surface area contributed by atoms with Gasteiger partial charge in [0, 0.05) is 17.4 Å². The molecule has 0 radical (unpaired) electrons. The van der Waals surface area contributed by atoms with Crippen LogP contribution in [0.5, 0.6) is 0 Å². The lowest BCUT2D eigenvalue weighted by molar-refractivity contribution is -0.141. The molecule has 0 atom stereocenters. The minimum absolute atomic E-state index is 0.184. The lowest BCUT2D eigenvalue weighted by Crippen LogP contribution is -2.27. The van der Waals surface area contributed by atoms with Crippen molar-refractivity contribution in [2.45, 2.75) is 32.5 Å². The highest BCUT2D eigenvalue weighted by atomic mass is 19.4. The van der Waals surface area contributed by atoms with Gasteiger partial charge in [-0.05, 0) is 69.3 Å². The second-order valence-corrected chi connectivity index (χ2v) is 7.97. The van der Waals surface area contributed by atoms with Crippen LogP contribution in [0.15, 0.2) is 54.7 Å². The van der Waals surface area contributed by atoms with Gasteiger partial charge in [-0.2, -0.15) is 18.3 Å². The Bertz CT molecular complexity index is 1170. The topological polar surface area (TPSA) is 85.3 Å². The standard InChI is InChI=1S/C22H20F4N4O3/c1-21(2,3)33-20(32)28-17-12-14(6-9-16(17)23)27-19(31)13-4-7-15(8-5-13)30-11-10-18(29-30)22(24,25)26/h4-12H,1-3H3,(H,27,31)(H,28,32). The van der Waals surface area contributed by atoms with Crippen molar-refractivity contribution in [2.75, 3.05) is 10.6 Å². The molecular formula is C22H20F4N4O3. The first-order valence-electron chi connectivity index (χ1n) is 9.66. The molecule has 2 aromatic carbocycles. The van der Waals surface area contributed by atoms with E-state index in [0.29, 0.717) is 5.69 Å². The predicted octanol–water partition coefficient (Wildman–Crippen LogP) is 5.63. The van der Waals surface area contributed by atoms with Crippen LogP contribution < -0.4 is 10.6 Å². The van der Waals surface area contributed by atoms with Crippen LogP contribution >= 0.6 is 0 Å². The quantitative estimate of drug-likeness (QED) is 0.490. The molecule has 0 bridgehead atoms. The van der Waals surface area contributed by atoms with Crippen LogP contribution in [0.4, 0.5) is 33.7 Å². The average molecular weight is 464 g/mol. The first kappa shape index (κ1) is 23.8. The summed E-state index contributed by atoms with van der Waals surface area (Å²) in [5, 5.41) is 8.31. The number of anilines is 2. The Labute approximate surface area is 186 Å². The van der Waals surface area contributed by atoms with E-state index >= 15 is 0 Å². The first-order valence-corrected chi connectivity index (χ1v) is 9.66. The molecule has 7 nitrogen and oxygen atoms in total. The number of carbonyl (C=O) groups excluding carboxylic acids is 2. The lowest BCUT2D eigenvalue weighted by Gasteiger charge is -2.20. The number of rotatable bonds is 4. The summed E-state index contributed by atoms with van der Waals surface area (Å²) in [5.74, 6) is -1.27. The van der Waals surface area contributed by atoms with Crippen molar-refractivity contribution in [1.29, 1.82) is 0 Å². The third-order valence-corrected chi connectivity index (χ3v) is 4.13. The van der Waals surface area contributed by atoms with Gasteiger partial charge in [-0.1, -0.05) is 0 Å². The molecule has 1 aromatic heterocycles. The van der Waals surface area contributed by atoms with Gasteiger partial charge < -0.3 is 10.1 Å². The molecule has 0 aliphatic heterocycles. The largest absolute Gasteiger partial charge is 0.444 e. The van der Waals surface area contributed by atoms with E-state index in [1.54, 1.807) is 20.8 Å². The number of halogens is 4. The molecule has 11 heteroatoms. The number of nitrogens with zero attached hydrogens (tertiary/aromatic N) is 2. The summed E-state index contributed by atoms with van der Waals surface area (Å²) in [4.78, 5) is 24.4. The number of ether oxygens (including phenoxy) is 1. The highest BCUT2D eigenvalue weighted by Crippen LogP contribution is 2.28. The van der Waals surface area contributed by atoms with Crippen molar-refractivity contribution in [3.63, 3.8) is 0 Å². The van der Waals surface area contributed by atoms with E-state index in [4.69, 9.17) is 4.74 Å². The van der Waals surface area contributed by atoms with Crippen LogP contribution in [0, 0.1) is 5.82 Å². The third kappa shape index (κ3) is 6.31. The van der Waals surface area contributed by atoms with Gasteiger partial charge in [-0.15, -0.1) is 0 Å². The molecule has 0 saturated carbocycles. The van der Waals surface area contributed by atoms with E-state index in [-0.39, 0.29) is 16.9 Å². The number of hydrogen-bond acceptors (Lipinski definition) is 4. The molecule has 0 saturated heterocycles. The van der Waals surface area contributed by atoms with E-state index in [0.717, 1.165) is 23.0 Å². The molecule has 33 heavy (non-hydrogen) atoms. The van der Waals surface area contributed by atoms with E-state index in [9.17, 15) is 27.2 Å². The van der Waals surface area contributed by atoms with Crippen molar-refractivity contribution >= 4 is 23.4 Å². The Morgan fingerprint density at radius 2 is 1.64 bits per heavy atom. The predicted molar refractivity (Wildman–Crippen MR) is 113 cm³/mol. The van der Waals surface area contributed by atoms with Crippen molar-refractivity contribution in [3.05, 3.63) is 71.8 Å². The normalized spacial score (nSPS) is 11.7. The molecule has 0 aliphatic carbocycles. The Kier molecular flexibility index (Phi) is 6.43. The van der Waals surface area contributed by atoms with Crippen molar-refractivity contribution < 1.29 is 31.9 Å². The number of carbonyl (C=O) groups is 2. The molecule has 174 valence electrons. The van der Waals surface area contributed by atoms with Gasteiger partial charge in [0.15, 0.2) is 5.69 Å². The number of nitrogens with one attached hydrogen (secondary N) is 2. The summed E-state index contributed by atoms with van der Waals surface area (Å²) in [6.07, 6.45) is -4.25. The Morgan fingerprint density at radius 3 is 2.21 bits per heavy atom. The fourth-order valence-electron chi connectivity index (χ4n) is 2.70. The Balaban J connectivity index is 1.70. The fraction of sp³-hybridized carbons (Fsp3) is 0.227. The van der Waals surface area contributed by atoms with Gasteiger partial charge in [-0.25, -0.2) is 13.9 Å². The van der Waals surface area contributed by atoms with Gasteiger partial charge >= 0.3 is 12.3 Å². The molecule has 0 aliphatic rings. The molecule has 2 amide bonds. The van der Waals surface area contributed by atoms with Gasteiger partial charge in [0.1, 0.15) is 11.4 Å². The van der Waals surface area contributed by atoms with Crippen LogP contribution in [-0.2, 0) is 10.9 Å². The molecular weight excluding hydrogens is 444 g/mol. The summed E-state index contributed by atoms with van der Waals surface area (Å²) in [5.41, 5.74) is -1.25. The molecule has 3 rings (SSSR count). The van der Waals surface area contributed by atoms with Gasteiger partial charge in [-0.3, -0.25) is 10.1 Å². The van der Waals surface area contributed by atoms with E-state index < -0.39 is 35.3 Å². The van der Waals surface area contributed by atoms with E-state index in [2.05, 4.69) is 15.7 Å². The first-order chi connectivity index (χ1) is 15.3. The number of alkyl halides is 3. The number of amides is 2. The van der Waals surface area contributed by atoms with E-state index in [1.807, 2.05) is 0 Å². The summed E-state index contributed by atoms with van der Waals surface area (Å²) in [6, 6.07) is 10.1. The Hall–Kier alpha value is -3.89. The molecule has 1 heterocycles. The maximum absolute atomic E-state index is 14.0. The minimum atomic E-state index is -4.56. The summed E-state index contributed by atoms with van der Waals surface area (Å²) < 4.78 is 58.3. The summed E-state index contributed by atoms with van der Waals surface area (Å²) in [7, 11) is 0. The maximum Gasteiger partial charge on any atom is 0.435 e. The van der Waals surface area contributed by atoms with Crippen LogP contribution in [0.2, 0.25) is 0 Å². The summed E-state index contributed by atoms with van der Waals surface area (Å²) in [6.45, 7) is 4.98. The Morgan fingerprint density at radius 1 is 0.970 bits per heavy atom. The minimum Gasteiger partial charge on any atom is -0.444 e. The average Bonchev–Trinajstić information content (AvgIpc) is 3.20. The highest BCUT2D eigenvalue weighted by Gasteiger charge is 2.33. The molecule has 0 unspecified atom stereocenters. The second-order valence-electron chi connectivity index (χ2n) is 7.97. The number of benzene rings is 2. The second kappa shape index (κ2) is 8.93. The van der Waals surface area contributed by atoms with Crippen LogP contribution in [0.25, 0.3) is 5.69 Å². The van der Waals surface area contributed by atoms with Crippen molar-refractivity contribution in [3.8, 4) is 5.69 Å². The molecule has 0 spiro atoms. The zero-order valence-corrected chi connectivity index (χ0v) is 17.8. The number of aromatic nitrogens is 2. The number of hydrogen-bond donors (Lipinski definition) is 2. The monoisotopic (exact) mass is 464 g/mol. The summed E-state index contributed by atoms with van der Waals surface area (Å²) >= 11 is 0. The van der Waals surface area contributed by atoms with E-state index in [1.165, 1.54) is 36.4 Å². The highest BCUT2D eigenvalue weighted by molar-refractivity contribution is 6.04. The zero-order valence-electron chi connectivity index (χ0n) is 17.8. The van der Waals surface area contributed by atoms with Crippen molar-refractivity contribution in [2.24, 2.45) is 0 Å². The van der Waals surface area contributed by atoms with Gasteiger partial charge in [0.2, 0.25) is 0 Å². The fourth-order valence-corrected chi connectivity index (χ4v) is 2.70. The third-order valence-electron chi connectivity index (χ3n) is 4.13. The smallest absolute Gasteiger partial charge is 0.435 e.